The average molecular weight is 391 g/mol. The van der Waals surface area contributed by atoms with Crippen LogP contribution in [0.1, 0.15) is 32.7 Å². The van der Waals surface area contributed by atoms with E-state index >= 15 is 0 Å². The fraction of sp³-hybridized carbons (Fsp3) is 0.261. The van der Waals surface area contributed by atoms with Crippen molar-refractivity contribution in [3.8, 4) is 5.75 Å². The van der Waals surface area contributed by atoms with Crippen molar-refractivity contribution in [2.75, 3.05) is 18.5 Å². The minimum Gasteiger partial charge on any atom is -0.492 e. The topological polar surface area (TPSA) is 84.3 Å². The first kappa shape index (κ1) is 20.3. The average Bonchev–Trinajstić information content (AvgIpc) is 2.69. The molecular weight excluding hydrogens is 366 g/mol. The van der Waals surface area contributed by atoms with Gasteiger partial charge in [-0.3, -0.25) is 0 Å². The highest BCUT2D eigenvalue weighted by Gasteiger charge is 2.13. The van der Waals surface area contributed by atoms with Gasteiger partial charge in [-0.25, -0.2) is 14.8 Å². The summed E-state index contributed by atoms with van der Waals surface area (Å²) in [5, 5.41) is 12.5. The van der Waals surface area contributed by atoms with Gasteiger partial charge >= 0.3 is 5.97 Å². The number of carbonyl (C=O) groups is 1. The van der Waals surface area contributed by atoms with Crippen LogP contribution in [0.5, 0.6) is 5.75 Å². The van der Waals surface area contributed by atoms with Gasteiger partial charge in [-0.15, -0.1) is 0 Å². The Balaban J connectivity index is 1.59. The lowest BCUT2D eigenvalue weighted by atomic mass is 10.1. The number of hydrogen-bond acceptors (Lipinski definition) is 5. The lowest BCUT2D eigenvalue weighted by molar-refractivity contribution is 0.0694. The second-order valence-electron chi connectivity index (χ2n) is 6.94. The van der Waals surface area contributed by atoms with Gasteiger partial charge < -0.3 is 15.2 Å². The molecule has 6 nitrogen and oxygen atoms in total. The summed E-state index contributed by atoms with van der Waals surface area (Å²) in [6.07, 6.45) is 2.61. The number of carboxylic acids is 1. The monoisotopic (exact) mass is 391 g/mol. The van der Waals surface area contributed by atoms with E-state index in [1.165, 1.54) is 6.20 Å². The Labute approximate surface area is 170 Å². The molecule has 0 aliphatic carbocycles. The maximum Gasteiger partial charge on any atom is 0.339 e. The number of aromatic nitrogens is 2. The molecule has 1 aromatic heterocycles. The maximum atomic E-state index is 11.5. The third kappa shape index (κ3) is 6.04. The van der Waals surface area contributed by atoms with Crippen LogP contribution in [0.2, 0.25) is 0 Å². The van der Waals surface area contributed by atoms with Crippen molar-refractivity contribution in [2.24, 2.45) is 0 Å². The minimum atomic E-state index is -1.02. The molecule has 0 atom stereocenters. The number of aryl methyl sites for hydroxylation is 4. The third-order valence-electron chi connectivity index (χ3n) is 4.44. The van der Waals surface area contributed by atoms with Crippen LogP contribution in [-0.4, -0.2) is 34.2 Å². The van der Waals surface area contributed by atoms with Gasteiger partial charge in [-0.1, -0.05) is 36.4 Å². The van der Waals surface area contributed by atoms with Crippen LogP contribution in [0.25, 0.3) is 0 Å². The van der Waals surface area contributed by atoms with E-state index in [0.29, 0.717) is 37.6 Å². The molecule has 29 heavy (non-hydrogen) atoms. The number of nitrogens with one attached hydrogen (secondary N) is 1. The van der Waals surface area contributed by atoms with Crippen molar-refractivity contribution in [2.45, 2.75) is 26.7 Å². The summed E-state index contributed by atoms with van der Waals surface area (Å²) in [6.45, 7) is 5.03. The number of rotatable bonds is 9. The zero-order valence-electron chi connectivity index (χ0n) is 16.7. The number of carboxylic acid groups (broad SMARTS) is 1. The third-order valence-corrected chi connectivity index (χ3v) is 4.44. The van der Waals surface area contributed by atoms with E-state index in [0.717, 1.165) is 22.4 Å². The highest BCUT2D eigenvalue weighted by Crippen LogP contribution is 2.16. The quantitative estimate of drug-likeness (QED) is 0.535. The normalized spacial score (nSPS) is 10.6. The molecule has 2 N–H and O–H groups in total. The largest absolute Gasteiger partial charge is 0.492 e. The Morgan fingerprint density at radius 3 is 2.48 bits per heavy atom. The second-order valence-corrected chi connectivity index (χ2v) is 6.94. The number of benzene rings is 2. The van der Waals surface area contributed by atoms with Crippen LogP contribution >= 0.6 is 0 Å². The predicted octanol–water partition coefficient (Wildman–Crippen LogP) is 4.07. The zero-order valence-corrected chi connectivity index (χ0v) is 16.7. The SMILES string of the molecule is Cc1cc(C)cc(OCCNc2ncc(C(=O)O)c(CCc3ccccc3)n2)c1. The summed E-state index contributed by atoms with van der Waals surface area (Å²) < 4.78 is 5.77. The molecule has 0 fully saturated rings. The Morgan fingerprint density at radius 2 is 1.79 bits per heavy atom. The molecule has 150 valence electrons. The van der Waals surface area contributed by atoms with E-state index in [1.807, 2.05) is 56.3 Å². The van der Waals surface area contributed by atoms with Gasteiger partial charge in [0.15, 0.2) is 0 Å². The molecule has 0 saturated heterocycles. The summed E-state index contributed by atoms with van der Waals surface area (Å²) >= 11 is 0. The molecule has 2 aromatic carbocycles. The van der Waals surface area contributed by atoms with Crippen LogP contribution in [0, 0.1) is 13.8 Å². The smallest absolute Gasteiger partial charge is 0.339 e. The van der Waals surface area contributed by atoms with Gasteiger partial charge in [0.1, 0.15) is 12.4 Å². The summed E-state index contributed by atoms with van der Waals surface area (Å²) in [6, 6.07) is 16.0. The van der Waals surface area contributed by atoms with Crippen LogP contribution < -0.4 is 10.1 Å². The lowest BCUT2D eigenvalue weighted by Gasteiger charge is -2.11. The van der Waals surface area contributed by atoms with Crippen molar-refractivity contribution in [3.05, 3.63) is 82.7 Å². The highest BCUT2D eigenvalue weighted by molar-refractivity contribution is 5.88. The molecule has 0 aliphatic heterocycles. The van der Waals surface area contributed by atoms with Gasteiger partial charge in [0.05, 0.1) is 17.8 Å². The fourth-order valence-corrected chi connectivity index (χ4v) is 3.13. The van der Waals surface area contributed by atoms with Crippen molar-refractivity contribution in [3.63, 3.8) is 0 Å². The number of ether oxygens (including phenoxy) is 1. The van der Waals surface area contributed by atoms with Gasteiger partial charge in [-0.05, 0) is 55.5 Å². The lowest BCUT2D eigenvalue weighted by Crippen LogP contribution is -2.16. The minimum absolute atomic E-state index is 0.137. The molecule has 6 heteroatoms. The molecule has 0 saturated carbocycles. The van der Waals surface area contributed by atoms with Gasteiger partial charge in [0, 0.05) is 6.20 Å². The number of hydrogen-bond donors (Lipinski definition) is 2. The summed E-state index contributed by atoms with van der Waals surface area (Å²) in [4.78, 5) is 20.0. The van der Waals surface area contributed by atoms with E-state index in [9.17, 15) is 9.90 Å². The standard InChI is InChI=1S/C23H25N3O3/c1-16-12-17(2)14-19(13-16)29-11-10-24-23-25-15-20(22(27)28)21(26-23)9-8-18-6-4-3-5-7-18/h3-7,12-15H,8-11H2,1-2H3,(H,27,28)(H,24,25,26). The van der Waals surface area contributed by atoms with Gasteiger partial charge in [0.2, 0.25) is 5.95 Å². The Kier molecular flexibility index (Phi) is 6.79. The molecule has 0 amide bonds. The van der Waals surface area contributed by atoms with E-state index in [-0.39, 0.29) is 5.56 Å². The van der Waals surface area contributed by atoms with E-state index in [4.69, 9.17) is 4.74 Å². The van der Waals surface area contributed by atoms with E-state index in [1.54, 1.807) is 0 Å². The molecule has 0 aliphatic rings. The van der Waals surface area contributed by atoms with Crippen molar-refractivity contribution in [1.82, 2.24) is 9.97 Å². The molecule has 3 aromatic rings. The van der Waals surface area contributed by atoms with Crippen molar-refractivity contribution >= 4 is 11.9 Å². The van der Waals surface area contributed by atoms with Crippen molar-refractivity contribution in [1.29, 1.82) is 0 Å². The first-order valence-corrected chi connectivity index (χ1v) is 9.59. The molecule has 0 spiro atoms. The maximum absolute atomic E-state index is 11.5. The van der Waals surface area contributed by atoms with Crippen LogP contribution in [-0.2, 0) is 12.8 Å². The fourth-order valence-electron chi connectivity index (χ4n) is 3.13. The Hall–Kier alpha value is -3.41. The predicted molar refractivity (Wildman–Crippen MR) is 113 cm³/mol. The number of aromatic carboxylic acids is 1. The van der Waals surface area contributed by atoms with Crippen LogP contribution in [0.15, 0.2) is 54.7 Å². The summed E-state index contributed by atoms with van der Waals surface area (Å²) in [5.74, 6) is 0.217. The number of anilines is 1. The van der Waals surface area contributed by atoms with E-state index < -0.39 is 5.97 Å². The van der Waals surface area contributed by atoms with E-state index in [2.05, 4.69) is 21.4 Å². The molecule has 0 unspecified atom stereocenters. The molecule has 0 bridgehead atoms. The van der Waals surface area contributed by atoms with Crippen molar-refractivity contribution < 1.29 is 14.6 Å². The summed E-state index contributed by atoms with van der Waals surface area (Å²) in [7, 11) is 0. The first-order chi connectivity index (χ1) is 14.0. The second kappa shape index (κ2) is 9.68. The molecule has 1 heterocycles. The zero-order chi connectivity index (χ0) is 20.6. The Bertz CT molecular complexity index is 954. The first-order valence-electron chi connectivity index (χ1n) is 9.59. The summed E-state index contributed by atoms with van der Waals surface area (Å²) in [5.41, 5.74) is 4.11. The highest BCUT2D eigenvalue weighted by atomic mass is 16.5. The van der Waals surface area contributed by atoms with Crippen LogP contribution in [0.3, 0.4) is 0 Å². The van der Waals surface area contributed by atoms with Gasteiger partial charge in [-0.2, -0.15) is 0 Å². The van der Waals surface area contributed by atoms with Gasteiger partial charge in [0.25, 0.3) is 0 Å². The molecular formula is C23H25N3O3. The van der Waals surface area contributed by atoms with Crippen LogP contribution in [0.4, 0.5) is 5.95 Å². The number of nitrogens with zero attached hydrogens (tertiary/aromatic N) is 2. The molecule has 3 rings (SSSR count). The Morgan fingerprint density at radius 1 is 1.07 bits per heavy atom. The molecule has 0 radical (unpaired) electrons.